The molecule has 0 aliphatic carbocycles. The van der Waals surface area contributed by atoms with E-state index in [1.54, 1.807) is 0 Å². The Kier molecular flexibility index (Phi) is 5.75. The zero-order valence-corrected chi connectivity index (χ0v) is 14.6. The predicted molar refractivity (Wildman–Crippen MR) is 92.5 cm³/mol. The van der Waals surface area contributed by atoms with Gasteiger partial charge in [0.15, 0.2) is 6.61 Å². The van der Waals surface area contributed by atoms with E-state index in [1.807, 2.05) is 32.9 Å². The van der Waals surface area contributed by atoms with Crippen molar-refractivity contribution in [2.75, 3.05) is 19.0 Å². The van der Waals surface area contributed by atoms with Crippen molar-refractivity contribution in [3.8, 4) is 5.75 Å². The van der Waals surface area contributed by atoms with Gasteiger partial charge in [-0.1, -0.05) is 17.7 Å². The number of hydrogen-bond donors (Lipinski definition) is 1. The average molecular weight is 345 g/mol. The Morgan fingerprint density at radius 2 is 1.72 bits per heavy atom. The Balaban J connectivity index is 1.99. The summed E-state index contributed by atoms with van der Waals surface area (Å²) in [6.07, 6.45) is 0. The molecule has 2 aromatic rings. The molecule has 0 saturated carbocycles. The van der Waals surface area contributed by atoms with Crippen LogP contribution in [0.2, 0.25) is 0 Å². The molecule has 0 aromatic heterocycles. The smallest absolute Gasteiger partial charge is 0.341 e. The van der Waals surface area contributed by atoms with Crippen LogP contribution in [-0.2, 0) is 9.53 Å². The number of ether oxygens (including phenoxy) is 2. The van der Waals surface area contributed by atoms with Crippen molar-refractivity contribution >= 4 is 17.6 Å². The van der Waals surface area contributed by atoms with Crippen LogP contribution in [-0.4, -0.2) is 25.6 Å². The first-order chi connectivity index (χ1) is 11.8. The molecule has 6 heteroatoms. The van der Waals surface area contributed by atoms with Crippen LogP contribution in [0.15, 0.2) is 30.3 Å². The molecule has 2 aromatic carbocycles. The Hall–Kier alpha value is -2.89. The highest BCUT2D eigenvalue weighted by Crippen LogP contribution is 2.22. The summed E-state index contributed by atoms with van der Waals surface area (Å²) in [6.45, 7) is 5.23. The van der Waals surface area contributed by atoms with Crippen molar-refractivity contribution in [1.29, 1.82) is 0 Å². The molecule has 5 nitrogen and oxygen atoms in total. The minimum Gasteiger partial charge on any atom is -0.497 e. The third kappa shape index (κ3) is 4.56. The maximum absolute atomic E-state index is 13.8. The Morgan fingerprint density at radius 3 is 2.28 bits per heavy atom. The molecule has 1 amide bonds. The van der Waals surface area contributed by atoms with Crippen molar-refractivity contribution < 1.29 is 23.5 Å². The van der Waals surface area contributed by atoms with Gasteiger partial charge in [0.1, 0.15) is 11.6 Å². The van der Waals surface area contributed by atoms with Crippen LogP contribution in [0.4, 0.5) is 10.1 Å². The lowest BCUT2D eigenvalue weighted by Gasteiger charge is -2.13. The van der Waals surface area contributed by atoms with E-state index in [4.69, 9.17) is 9.47 Å². The van der Waals surface area contributed by atoms with Gasteiger partial charge in [-0.25, -0.2) is 9.18 Å². The van der Waals surface area contributed by atoms with Crippen LogP contribution in [0.3, 0.4) is 0 Å². The second-order valence-corrected chi connectivity index (χ2v) is 5.74. The molecular formula is C19H20FNO4. The molecule has 0 heterocycles. The highest BCUT2D eigenvalue weighted by molar-refractivity contribution is 5.96. The lowest BCUT2D eigenvalue weighted by atomic mass is 10.1. The summed E-state index contributed by atoms with van der Waals surface area (Å²) in [7, 11) is 1.39. The van der Waals surface area contributed by atoms with Crippen molar-refractivity contribution in [3.05, 3.63) is 58.4 Å². The van der Waals surface area contributed by atoms with E-state index in [9.17, 15) is 14.0 Å². The maximum atomic E-state index is 13.8. The second kappa shape index (κ2) is 7.79. The van der Waals surface area contributed by atoms with Gasteiger partial charge >= 0.3 is 5.97 Å². The molecule has 0 aliphatic rings. The fraction of sp³-hybridized carbons (Fsp3) is 0.263. The Morgan fingerprint density at radius 1 is 1.08 bits per heavy atom. The minimum atomic E-state index is -0.910. The number of anilines is 1. The van der Waals surface area contributed by atoms with Crippen LogP contribution < -0.4 is 10.1 Å². The normalized spacial score (nSPS) is 10.3. The molecule has 132 valence electrons. The number of hydrogen-bond acceptors (Lipinski definition) is 4. The molecule has 0 bridgehead atoms. The fourth-order valence-corrected chi connectivity index (χ4v) is 2.55. The number of methoxy groups -OCH3 is 1. The summed E-state index contributed by atoms with van der Waals surface area (Å²) >= 11 is 0. The van der Waals surface area contributed by atoms with Gasteiger partial charge in [0.2, 0.25) is 0 Å². The number of carbonyl (C=O) groups excluding carboxylic acids is 2. The molecule has 0 aliphatic heterocycles. The zero-order chi connectivity index (χ0) is 18.6. The molecule has 0 fully saturated rings. The number of benzene rings is 2. The van der Waals surface area contributed by atoms with Crippen molar-refractivity contribution in [2.24, 2.45) is 0 Å². The average Bonchev–Trinajstić information content (AvgIpc) is 2.55. The van der Waals surface area contributed by atoms with Crippen molar-refractivity contribution in [3.63, 3.8) is 0 Å². The van der Waals surface area contributed by atoms with E-state index in [1.165, 1.54) is 19.2 Å². The van der Waals surface area contributed by atoms with Crippen molar-refractivity contribution in [2.45, 2.75) is 20.8 Å². The molecule has 0 unspecified atom stereocenters. The van der Waals surface area contributed by atoms with Crippen LogP contribution >= 0.6 is 0 Å². The Labute approximate surface area is 145 Å². The van der Waals surface area contributed by atoms with Crippen LogP contribution in [0.25, 0.3) is 0 Å². The van der Waals surface area contributed by atoms with E-state index < -0.39 is 24.3 Å². The quantitative estimate of drug-likeness (QED) is 0.842. The minimum absolute atomic E-state index is 0.253. The van der Waals surface area contributed by atoms with Gasteiger partial charge < -0.3 is 14.8 Å². The lowest BCUT2D eigenvalue weighted by Crippen LogP contribution is -2.22. The number of amides is 1. The molecule has 25 heavy (non-hydrogen) atoms. The third-order valence-electron chi connectivity index (χ3n) is 3.67. The van der Waals surface area contributed by atoms with E-state index in [0.29, 0.717) is 5.69 Å². The molecule has 0 saturated heterocycles. The van der Waals surface area contributed by atoms with E-state index in [-0.39, 0.29) is 11.3 Å². The van der Waals surface area contributed by atoms with Gasteiger partial charge in [0, 0.05) is 11.8 Å². The van der Waals surface area contributed by atoms with Gasteiger partial charge in [-0.15, -0.1) is 0 Å². The van der Waals surface area contributed by atoms with Gasteiger partial charge in [-0.3, -0.25) is 4.79 Å². The standard InChI is InChI=1S/C19H20FNO4/c1-11-7-12(2)18(13(3)8-11)21-17(22)10-25-19(23)15-6-5-14(24-4)9-16(15)20/h5-9H,10H2,1-4H3,(H,21,22). The van der Waals surface area contributed by atoms with Gasteiger partial charge in [-0.05, 0) is 44.0 Å². The van der Waals surface area contributed by atoms with Gasteiger partial charge in [0.05, 0.1) is 12.7 Å². The van der Waals surface area contributed by atoms with E-state index in [2.05, 4.69) is 5.32 Å². The number of nitrogens with one attached hydrogen (secondary N) is 1. The molecular weight excluding hydrogens is 325 g/mol. The summed E-state index contributed by atoms with van der Waals surface area (Å²) in [6, 6.07) is 7.67. The van der Waals surface area contributed by atoms with Gasteiger partial charge in [0.25, 0.3) is 5.91 Å². The number of rotatable bonds is 5. The number of esters is 1. The van der Waals surface area contributed by atoms with Crippen LogP contribution in [0.1, 0.15) is 27.0 Å². The van der Waals surface area contributed by atoms with Crippen molar-refractivity contribution in [1.82, 2.24) is 0 Å². The van der Waals surface area contributed by atoms with E-state index in [0.717, 1.165) is 22.8 Å². The molecule has 0 spiro atoms. The topological polar surface area (TPSA) is 64.6 Å². The maximum Gasteiger partial charge on any atom is 0.341 e. The summed E-state index contributed by atoms with van der Waals surface area (Å²) < 4.78 is 23.6. The molecule has 0 radical (unpaired) electrons. The second-order valence-electron chi connectivity index (χ2n) is 5.74. The first-order valence-electron chi connectivity index (χ1n) is 7.70. The number of aryl methyl sites for hydroxylation is 3. The van der Waals surface area contributed by atoms with E-state index >= 15 is 0 Å². The highest BCUT2D eigenvalue weighted by atomic mass is 19.1. The summed E-state index contributed by atoms with van der Waals surface area (Å²) in [5, 5.41) is 2.72. The molecule has 0 atom stereocenters. The zero-order valence-electron chi connectivity index (χ0n) is 14.6. The number of carbonyl (C=O) groups is 2. The fourth-order valence-electron chi connectivity index (χ4n) is 2.55. The number of halogens is 1. The van der Waals surface area contributed by atoms with Crippen LogP contribution in [0, 0.1) is 26.6 Å². The summed E-state index contributed by atoms with van der Waals surface area (Å²) in [5.41, 5.74) is 3.35. The monoisotopic (exact) mass is 345 g/mol. The SMILES string of the molecule is COc1ccc(C(=O)OCC(=O)Nc2c(C)cc(C)cc2C)c(F)c1. The summed E-state index contributed by atoms with van der Waals surface area (Å²) in [5.74, 6) is -1.88. The highest BCUT2D eigenvalue weighted by Gasteiger charge is 2.16. The largest absolute Gasteiger partial charge is 0.497 e. The molecule has 1 N–H and O–H groups in total. The van der Waals surface area contributed by atoms with Gasteiger partial charge in [-0.2, -0.15) is 0 Å². The van der Waals surface area contributed by atoms with Crippen LogP contribution in [0.5, 0.6) is 5.75 Å². The third-order valence-corrected chi connectivity index (χ3v) is 3.67. The first-order valence-corrected chi connectivity index (χ1v) is 7.70. The molecule has 2 rings (SSSR count). The lowest BCUT2D eigenvalue weighted by molar-refractivity contribution is -0.119. The Bertz CT molecular complexity index is 794. The predicted octanol–water partition coefficient (Wildman–Crippen LogP) is 3.56. The first kappa shape index (κ1) is 18.4. The summed E-state index contributed by atoms with van der Waals surface area (Å²) in [4.78, 5) is 23.9.